The Balaban J connectivity index is 0.00000180. The number of rotatable bonds is 41. The average Bonchev–Trinajstić information content (AvgIpc) is 1.55. The summed E-state index contributed by atoms with van der Waals surface area (Å²) in [5.41, 5.74) is -6.10. The molecular formula is C110H184O38. The molecule has 9 aliphatic carbocycles. The molecule has 38 heteroatoms. The normalized spacial score (nSPS) is 28.8. The van der Waals surface area contributed by atoms with Gasteiger partial charge in [-0.25, -0.2) is 4.79 Å². The van der Waals surface area contributed by atoms with Gasteiger partial charge >= 0.3 is 113 Å². The molecule has 9 saturated carbocycles. The smallest absolute Gasteiger partial charge is 0.350 e. The fourth-order valence-electron chi connectivity index (χ4n) is 20.6. The highest BCUT2D eigenvalue weighted by Gasteiger charge is 2.72. The van der Waals surface area contributed by atoms with Crippen LogP contribution in [0.15, 0.2) is 0 Å². The second-order valence-corrected chi connectivity index (χ2v) is 43.4. The van der Waals surface area contributed by atoms with Gasteiger partial charge in [0, 0.05) is 53.3 Å². The van der Waals surface area contributed by atoms with Crippen LogP contribution < -0.4 is 0 Å². The van der Waals surface area contributed by atoms with E-state index in [1.807, 2.05) is 55.4 Å². The zero-order chi connectivity index (χ0) is 102. The standard InChI is InChI=1S/3C21H30O8.C20H28O8.C17H26O6.10CH4/c1-5-20(2,3)19(25)27-9-8-26-14(22)6-7-15(23)28-17-16-12-10-21(17,4)11-13(12)18(24)29-16;1-5-20(2,3)19(25)27-9-8-26-15(22)6-7-16(23)29-21(4)12-10-13-14(11-12)18(24)28-17(13)21;1-5-20(2,3)19(25)27-9-8-26-15(22)6-7-16(23)28-17-12-10-13-14(11-12)21(17,4)29-18(13)24;1-4-20(2,3)19(24)26-8-7-25-14(21)5-6-15(22)27-16-11-9-12-13(10-11)18(23)28-17(12)16;1-6-16(2,3)14(19)23-17(4,5)15(20)22-11-8-7-10-9-12(11)21-13(10)18;;;;;;;;;;/h12-13,16-17H,5-11H2,1-4H3;2*12-14,17H,5-11H2,1-4H3;11-13,16-17H,4-10H2,1-3H3;10-12H,6-9H2,1-5H3;10*1H4. The van der Waals surface area contributed by atoms with E-state index >= 15 is 0 Å². The first kappa shape index (κ1) is 138. The van der Waals surface area contributed by atoms with E-state index in [-0.39, 0.29) is 333 Å². The first-order valence-electron chi connectivity index (χ1n) is 49.1. The molecule has 0 radical (unpaired) electrons. The van der Waals surface area contributed by atoms with Crippen LogP contribution in [-0.2, 0) is 181 Å². The van der Waals surface area contributed by atoms with E-state index < -0.39 is 128 Å². The predicted octanol–water partition coefficient (Wildman–Crippen LogP) is 17.0. The molecule has 14 aliphatic rings. The molecule has 0 N–H and O–H groups in total. The van der Waals surface area contributed by atoms with E-state index in [9.17, 15) is 91.1 Å². The van der Waals surface area contributed by atoms with Gasteiger partial charge in [0.25, 0.3) is 0 Å². The van der Waals surface area contributed by atoms with Gasteiger partial charge in [0.15, 0.2) is 0 Å². The second kappa shape index (κ2) is 56.3. The first-order valence-corrected chi connectivity index (χ1v) is 49.1. The predicted molar refractivity (Wildman–Crippen MR) is 541 cm³/mol. The van der Waals surface area contributed by atoms with Gasteiger partial charge in [-0.15, -0.1) is 0 Å². The summed E-state index contributed by atoms with van der Waals surface area (Å²) in [6.45, 7) is 35.7. The minimum atomic E-state index is -1.37. The molecule has 0 amide bonds. The van der Waals surface area contributed by atoms with Crippen LogP contribution in [0.5, 0.6) is 0 Å². The molecule has 148 heavy (non-hydrogen) atoms. The molecule has 38 nitrogen and oxygen atoms in total. The van der Waals surface area contributed by atoms with E-state index in [1.165, 1.54) is 13.8 Å². The topological polar surface area (TPSA) is 500 Å². The zero-order valence-electron chi connectivity index (χ0n) is 83.7. The van der Waals surface area contributed by atoms with Crippen molar-refractivity contribution >= 4 is 113 Å². The van der Waals surface area contributed by atoms with Crippen molar-refractivity contribution in [1.29, 1.82) is 0 Å². The van der Waals surface area contributed by atoms with Crippen LogP contribution >= 0.6 is 0 Å². The zero-order valence-corrected chi connectivity index (χ0v) is 83.7. The second-order valence-electron chi connectivity index (χ2n) is 43.4. The van der Waals surface area contributed by atoms with Crippen LogP contribution in [0.1, 0.15) is 367 Å². The third kappa shape index (κ3) is 32.3. The van der Waals surface area contributed by atoms with Gasteiger partial charge in [0.1, 0.15) is 113 Å². The van der Waals surface area contributed by atoms with E-state index in [0.717, 1.165) is 25.7 Å². The van der Waals surface area contributed by atoms with Crippen molar-refractivity contribution in [1.82, 2.24) is 0 Å². The highest BCUT2D eigenvalue weighted by atomic mass is 16.7. The van der Waals surface area contributed by atoms with Crippen LogP contribution in [0.3, 0.4) is 0 Å². The SMILES string of the molecule is C.C.C.C.C.C.C.C.C.C.CCC(C)(C)C(=O)OC(C)(C)C(=O)OC1CCC2CC1OC2=O.CCC(C)(C)C(=O)OCCOC(=O)CCC(=O)OC1(C)C2CC3C(=O)OC1C3C2.CCC(C)(C)C(=O)OCCOC(=O)CCC(=O)OC1C2CC3C(=O)OC1(C)C3C2.CCC(C)(C)C(=O)OCCOC(=O)CCC(=O)OC1C2CC3C(=O)OC1C3C2.CCC(C)(C)C(=O)OCCOC(=O)CCC(=O)OC1C2OC(=O)C3CC1(C)CC32. The molecule has 5 saturated heterocycles. The summed E-state index contributed by atoms with van der Waals surface area (Å²) < 4.78 is 101. The number of hydrogen-bond donors (Lipinski definition) is 0. The van der Waals surface area contributed by atoms with Crippen molar-refractivity contribution in [2.24, 2.45) is 104 Å². The number of fused-ring (bicyclic) bond motifs is 6. The number of carbonyl (C=O) groups excluding carboxylic acids is 19. The fourth-order valence-corrected chi connectivity index (χ4v) is 20.6. The van der Waals surface area contributed by atoms with Crippen LogP contribution in [0.2, 0.25) is 0 Å². The molecule has 23 unspecified atom stereocenters. The third-order valence-electron chi connectivity index (χ3n) is 31.3. The summed E-state index contributed by atoms with van der Waals surface area (Å²) in [6.07, 6.45) is 7.13. The molecule has 0 spiro atoms. The number of hydrogen-bond acceptors (Lipinski definition) is 38. The molecule has 0 aromatic carbocycles. The molecule has 0 aromatic rings. The Kier molecular flexibility index (Phi) is 52.5. The van der Waals surface area contributed by atoms with Gasteiger partial charge < -0.3 is 90.0 Å². The number of esters is 19. The van der Waals surface area contributed by atoms with Crippen molar-refractivity contribution in [2.75, 3.05) is 52.9 Å². The fraction of sp³-hybridized carbons (Fsp3) is 0.827. The molecule has 0 aromatic heterocycles. The Morgan fingerprint density at radius 2 is 0.716 bits per heavy atom. The van der Waals surface area contributed by atoms with Crippen molar-refractivity contribution in [3.8, 4) is 0 Å². The lowest BCUT2D eigenvalue weighted by atomic mass is 9.79. The third-order valence-corrected chi connectivity index (χ3v) is 31.3. The molecule has 14 rings (SSSR count). The van der Waals surface area contributed by atoms with Crippen LogP contribution in [0, 0.1) is 104 Å². The molecule has 852 valence electrons. The molecule has 5 aliphatic heterocycles. The van der Waals surface area contributed by atoms with Gasteiger partial charge in [-0.2, -0.15) is 0 Å². The minimum Gasteiger partial charge on any atom is -0.462 e. The Morgan fingerprint density at radius 1 is 0.331 bits per heavy atom. The Labute approximate surface area is 879 Å². The molecule has 14 fully saturated rings. The Bertz CT molecular complexity index is 4490. The number of carbonyl (C=O) groups is 19. The van der Waals surface area contributed by atoms with Crippen molar-refractivity contribution in [2.45, 2.75) is 432 Å². The molecule has 23 atom stereocenters. The maximum atomic E-state index is 12.4. The largest absolute Gasteiger partial charge is 0.462 e. The van der Waals surface area contributed by atoms with Gasteiger partial charge in [-0.1, -0.05) is 116 Å². The molecule has 5 heterocycles. The lowest BCUT2D eigenvalue weighted by Gasteiger charge is -2.36. The van der Waals surface area contributed by atoms with E-state index in [2.05, 4.69) is 0 Å². The van der Waals surface area contributed by atoms with Crippen molar-refractivity contribution in [3.05, 3.63) is 0 Å². The lowest BCUT2D eigenvalue weighted by molar-refractivity contribution is -0.191. The molecular weight excluding hydrogens is 1930 g/mol. The quantitative estimate of drug-likeness (QED) is 0.0312. The minimum absolute atomic E-state index is 0. The Morgan fingerprint density at radius 3 is 1.17 bits per heavy atom. The summed E-state index contributed by atoms with van der Waals surface area (Å²) >= 11 is 0. The van der Waals surface area contributed by atoms with Crippen LogP contribution in [-0.4, -0.2) is 232 Å². The van der Waals surface area contributed by atoms with Crippen LogP contribution in [0.4, 0.5) is 0 Å². The summed E-state index contributed by atoms with van der Waals surface area (Å²) in [7, 11) is 0. The van der Waals surface area contributed by atoms with Gasteiger partial charge in [-0.3, -0.25) is 86.3 Å². The van der Waals surface area contributed by atoms with Gasteiger partial charge in [-0.05, 0) is 193 Å². The summed E-state index contributed by atoms with van der Waals surface area (Å²) in [5.74, 6) is -6.87. The van der Waals surface area contributed by atoms with Gasteiger partial charge in [0.2, 0.25) is 5.60 Å². The lowest BCUT2D eigenvalue weighted by Crippen LogP contribution is -2.47. The summed E-state index contributed by atoms with van der Waals surface area (Å²) in [6, 6.07) is 0. The van der Waals surface area contributed by atoms with Gasteiger partial charge in [0.05, 0.1) is 108 Å². The molecule has 10 bridgehead atoms. The monoisotopic (exact) mass is 2110 g/mol. The maximum Gasteiger partial charge on any atom is 0.350 e. The van der Waals surface area contributed by atoms with Crippen molar-refractivity contribution in [3.63, 3.8) is 0 Å². The van der Waals surface area contributed by atoms with Crippen molar-refractivity contribution < 1.29 is 181 Å². The van der Waals surface area contributed by atoms with E-state index in [4.69, 9.17) is 90.0 Å². The summed E-state index contributed by atoms with van der Waals surface area (Å²) in [4.78, 5) is 227. The van der Waals surface area contributed by atoms with Crippen LogP contribution in [0.25, 0.3) is 0 Å². The average molecular weight is 2110 g/mol. The number of ether oxygens (including phenoxy) is 19. The first-order chi connectivity index (χ1) is 64.5. The highest BCUT2D eigenvalue weighted by molar-refractivity contribution is 5.87. The summed E-state index contributed by atoms with van der Waals surface area (Å²) in [5, 5.41) is 0. The maximum absolute atomic E-state index is 12.4. The highest BCUT2D eigenvalue weighted by Crippen LogP contribution is 2.64. The Hall–Kier alpha value is -10.1. The van der Waals surface area contributed by atoms with E-state index in [1.54, 1.807) is 69.2 Å². The van der Waals surface area contributed by atoms with E-state index in [0.29, 0.717) is 77.0 Å².